The predicted octanol–water partition coefficient (Wildman–Crippen LogP) is 5.28. The van der Waals surface area contributed by atoms with Gasteiger partial charge in [0.05, 0.1) is 14.2 Å². The van der Waals surface area contributed by atoms with Crippen LogP contribution in [0.4, 0.5) is 0 Å². The Kier molecular flexibility index (Phi) is 10.3. The maximum atomic E-state index is 13.3. The van der Waals surface area contributed by atoms with Crippen LogP contribution in [0.2, 0.25) is 10.0 Å². The number of benzene rings is 2. The van der Waals surface area contributed by atoms with Crippen LogP contribution in [0.15, 0.2) is 36.4 Å². The summed E-state index contributed by atoms with van der Waals surface area (Å²) in [6.07, 6.45) is 1.51. The molecule has 0 saturated heterocycles. The molecule has 180 valence electrons. The van der Waals surface area contributed by atoms with Crippen molar-refractivity contribution in [1.82, 2.24) is 10.2 Å². The summed E-state index contributed by atoms with van der Waals surface area (Å²) >= 11 is 12.4. The highest BCUT2D eigenvalue weighted by Crippen LogP contribution is 2.28. The Labute approximate surface area is 206 Å². The third-order valence-corrected chi connectivity index (χ3v) is 6.19. The Morgan fingerprint density at radius 1 is 1.03 bits per heavy atom. The number of carbonyl (C=O) groups excluding carboxylic acids is 2. The maximum absolute atomic E-state index is 13.3. The summed E-state index contributed by atoms with van der Waals surface area (Å²) in [5.41, 5.74) is 1.66. The van der Waals surface area contributed by atoms with Crippen molar-refractivity contribution in [1.29, 1.82) is 0 Å². The molecular formula is C25H32Cl2N2O4. The number of methoxy groups -OCH3 is 2. The Bertz CT molecular complexity index is 967. The van der Waals surface area contributed by atoms with Crippen molar-refractivity contribution in [2.75, 3.05) is 14.2 Å². The number of hydrogen-bond donors (Lipinski definition) is 1. The second-order valence-electron chi connectivity index (χ2n) is 7.94. The van der Waals surface area contributed by atoms with Crippen molar-refractivity contribution >= 4 is 35.0 Å². The highest BCUT2D eigenvalue weighted by molar-refractivity contribution is 6.35. The van der Waals surface area contributed by atoms with Crippen LogP contribution in [-0.2, 0) is 22.6 Å². The number of ether oxygens (including phenoxy) is 2. The van der Waals surface area contributed by atoms with Crippen LogP contribution in [-0.4, -0.2) is 43.0 Å². The minimum atomic E-state index is -0.663. The van der Waals surface area contributed by atoms with Crippen molar-refractivity contribution < 1.29 is 19.1 Å². The fraction of sp³-hybridized carbons (Fsp3) is 0.440. The molecule has 2 aromatic rings. The van der Waals surface area contributed by atoms with E-state index in [9.17, 15) is 9.59 Å². The number of halogens is 2. The van der Waals surface area contributed by atoms with Gasteiger partial charge in [-0.3, -0.25) is 9.59 Å². The van der Waals surface area contributed by atoms with Gasteiger partial charge in [-0.2, -0.15) is 0 Å². The fourth-order valence-corrected chi connectivity index (χ4v) is 3.78. The Hall–Kier alpha value is -2.44. The lowest BCUT2D eigenvalue weighted by atomic mass is 10.1. The van der Waals surface area contributed by atoms with Crippen molar-refractivity contribution in [2.24, 2.45) is 0 Å². The SMILES string of the molecule is CCC(C)NC(=O)C(C)N(Cc1ccc(Cl)cc1Cl)C(=O)CCc1ccc(OC)c(OC)c1. The molecule has 2 aromatic carbocycles. The minimum absolute atomic E-state index is 0.0165. The summed E-state index contributed by atoms with van der Waals surface area (Å²) in [4.78, 5) is 27.7. The van der Waals surface area contributed by atoms with Crippen molar-refractivity contribution in [3.05, 3.63) is 57.6 Å². The summed E-state index contributed by atoms with van der Waals surface area (Å²) in [5, 5.41) is 3.92. The molecule has 0 bridgehead atoms. The Balaban J connectivity index is 2.22. The molecule has 0 saturated carbocycles. The van der Waals surface area contributed by atoms with E-state index in [-0.39, 0.29) is 30.8 Å². The van der Waals surface area contributed by atoms with Crippen molar-refractivity contribution in [2.45, 2.75) is 58.7 Å². The predicted molar refractivity (Wildman–Crippen MR) is 132 cm³/mol. The van der Waals surface area contributed by atoms with Gasteiger partial charge in [0, 0.05) is 29.1 Å². The molecule has 0 aliphatic heterocycles. The van der Waals surface area contributed by atoms with E-state index in [4.69, 9.17) is 32.7 Å². The van der Waals surface area contributed by atoms with Gasteiger partial charge < -0.3 is 19.7 Å². The molecule has 6 nitrogen and oxygen atoms in total. The number of hydrogen-bond acceptors (Lipinski definition) is 4. The second-order valence-corrected chi connectivity index (χ2v) is 8.78. The lowest BCUT2D eigenvalue weighted by Gasteiger charge is -2.30. The van der Waals surface area contributed by atoms with Gasteiger partial charge in [-0.1, -0.05) is 42.3 Å². The first-order valence-corrected chi connectivity index (χ1v) is 11.7. The van der Waals surface area contributed by atoms with Crippen LogP contribution in [0.25, 0.3) is 0 Å². The summed E-state index contributed by atoms with van der Waals surface area (Å²) in [5.74, 6) is 0.881. The van der Waals surface area contributed by atoms with E-state index in [0.29, 0.717) is 28.0 Å². The molecule has 2 amide bonds. The quantitative estimate of drug-likeness (QED) is 0.461. The molecule has 0 aliphatic carbocycles. The Morgan fingerprint density at radius 3 is 2.33 bits per heavy atom. The van der Waals surface area contributed by atoms with Gasteiger partial charge in [-0.25, -0.2) is 0 Å². The zero-order chi connectivity index (χ0) is 24.5. The van der Waals surface area contributed by atoms with Crippen LogP contribution >= 0.6 is 23.2 Å². The number of nitrogens with zero attached hydrogens (tertiary/aromatic N) is 1. The first-order chi connectivity index (χ1) is 15.7. The normalized spacial score (nSPS) is 12.6. The van der Waals surface area contributed by atoms with Crippen molar-refractivity contribution in [3.8, 4) is 11.5 Å². The average Bonchev–Trinajstić information content (AvgIpc) is 2.81. The molecule has 0 aromatic heterocycles. The van der Waals surface area contributed by atoms with Gasteiger partial charge >= 0.3 is 0 Å². The van der Waals surface area contributed by atoms with Crippen LogP contribution in [0, 0.1) is 0 Å². The molecule has 8 heteroatoms. The molecule has 0 heterocycles. The zero-order valence-electron chi connectivity index (χ0n) is 19.8. The smallest absolute Gasteiger partial charge is 0.242 e. The van der Waals surface area contributed by atoms with Crippen LogP contribution < -0.4 is 14.8 Å². The van der Waals surface area contributed by atoms with E-state index < -0.39 is 6.04 Å². The molecule has 33 heavy (non-hydrogen) atoms. The minimum Gasteiger partial charge on any atom is -0.493 e. The van der Waals surface area contributed by atoms with E-state index >= 15 is 0 Å². The number of nitrogens with one attached hydrogen (secondary N) is 1. The van der Waals surface area contributed by atoms with Gasteiger partial charge in [-0.15, -0.1) is 0 Å². The second kappa shape index (κ2) is 12.7. The summed E-state index contributed by atoms with van der Waals surface area (Å²) in [7, 11) is 3.15. The maximum Gasteiger partial charge on any atom is 0.242 e. The van der Waals surface area contributed by atoms with Crippen LogP contribution in [0.1, 0.15) is 44.7 Å². The summed E-state index contributed by atoms with van der Waals surface area (Å²) < 4.78 is 10.6. The van der Waals surface area contributed by atoms with E-state index in [1.165, 1.54) is 0 Å². The molecule has 0 aliphatic rings. The standard InChI is InChI=1S/C25H32Cl2N2O4/c1-6-16(2)28-25(31)17(3)29(15-19-9-10-20(26)14-21(19)27)24(30)12-8-18-7-11-22(32-4)23(13-18)33-5/h7,9-11,13-14,16-17H,6,8,12,15H2,1-5H3,(H,28,31). The molecule has 2 atom stereocenters. The van der Waals surface area contributed by atoms with Crippen LogP contribution in [0.5, 0.6) is 11.5 Å². The largest absolute Gasteiger partial charge is 0.493 e. The molecule has 2 rings (SSSR count). The molecule has 1 N–H and O–H groups in total. The Morgan fingerprint density at radius 2 is 1.73 bits per heavy atom. The third kappa shape index (κ3) is 7.54. The van der Waals surface area contributed by atoms with E-state index in [0.717, 1.165) is 17.5 Å². The number of aryl methyl sites for hydroxylation is 1. The monoisotopic (exact) mass is 494 g/mol. The van der Waals surface area contributed by atoms with E-state index in [2.05, 4.69) is 5.32 Å². The van der Waals surface area contributed by atoms with E-state index in [1.807, 2.05) is 32.0 Å². The summed E-state index contributed by atoms with van der Waals surface area (Å²) in [6.45, 7) is 5.87. The molecule has 0 fully saturated rings. The highest BCUT2D eigenvalue weighted by atomic mass is 35.5. The molecule has 2 unspecified atom stereocenters. The molecule has 0 radical (unpaired) electrons. The lowest BCUT2D eigenvalue weighted by molar-refractivity contribution is -0.140. The molecular weight excluding hydrogens is 463 g/mol. The van der Waals surface area contributed by atoms with E-state index in [1.54, 1.807) is 44.2 Å². The van der Waals surface area contributed by atoms with Gasteiger partial charge in [0.25, 0.3) is 0 Å². The average molecular weight is 495 g/mol. The highest BCUT2D eigenvalue weighted by Gasteiger charge is 2.27. The van der Waals surface area contributed by atoms with Gasteiger partial charge in [0.1, 0.15) is 6.04 Å². The van der Waals surface area contributed by atoms with Gasteiger partial charge in [0.2, 0.25) is 11.8 Å². The third-order valence-electron chi connectivity index (χ3n) is 5.60. The zero-order valence-corrected chi connectivity index (χ0v) is 21.3. The van der Waals surface area contributed by atoms with Gasteiger partial charge in [0.15, 0.2) is 11.5 Å². The number of carbonyl (C=O) groups is 2. The first kappa shape index (κ1) is 26.8. The molecule has 0 spiro atoms. The first-order valence-electron chi connectivity index (χ1n) is 10.9. The lowest BCUT2D eigenvalue weighted by Crippen LogP contribution is -2.49. The van der Waals surface area contributed by atoms with Crippen molar-refractivity contribution in [3.63, 3.8) is 0 Å². The van der Waals surface area contributed by atoms with Gasteiger partial charge in [-0.05, 0) is 62.1 Å². The fourth-order valence-electron chi connectivity index (χ4n) is 3.31. The summed E-state index contributed by atoms with van der Waals surface area (Å²) in [6, 6.07) is 10.0. The topological polar surface area (TPSA) is 67.9 Å². The number of rotatable bonds is 11. The number of amides is 2. The van der Waals surface area contributed by atoms with Crippen LogP contribution in [0.3, 0.4) is 0 Å².